The van der Waals surface area contributed by atoms with Crippen LogP contribution in [0.5, 0.6) is 0 Å². The van der Waals surface area contributed by atoms with Crippen molar-refractivity contribution in [2.75, 3.05) is 5.75 Å². The van der Waals surface area contributed by atoms with Crippen molar-refractivity contribution < 1.29 is 8.42 Å². The second-order valence-corrected chi connectivity index (χ2v) is 11.6. The smallest absolute Gasteiger partial charge is 0.178 e. The summed E-state index contributed by atoms with van der Waals surface area (Å²) in [6, 6.07) is 14.1. The predicted octanol–water partition coefficient (Wildman–Crippen LogP) is 6.39. The van der Waals surface area contributed by atoms with Gasteiger partial charge in [-0.3, -0.25) is 0 Å². The number of sulfone groups is 1. The van der Waals surface area contributed by atoms with Gasteiger partial charge in [0.1, 0.15) is 0 Å². The van der Waals surface area contributed by atoms with E-state index in [1.54, 1.807) is 19.1 Å². The van der Waals surface area contributed by atoms with Crippen LogP contribution in [0.15, 0.2) is 47.4 Å². The molecule has 0 aliphatic heterocycles. The second-order valence-electron chi connectivity index (χ2n) is 9.33. The van der Waals surface area contributed by atoms with Crippen LogP contribution in [0, 0.1) is 0 Å². The zero-order valence-electron chi connectivity index (χ0n) is 18.0. The summed E-state index contributed by atoms with van der Waals surface area (Å²) >= 11 is 0. The molecule has 0 aromatic heterocycles. The highest BCUT2D eigenvalue weighted by Gasteiger charge is 2.36. The molecule has 0 atom stereocenters. The minimum Gasteiger partial charge on any atom is -0.224 e. The highest BCUT2D eigenvalue weighted by molar-refractivity contribution is 7.91. The lowest BCUT2D eigenvalue weighted by atomic mass is 9.63. The van der Waals surface area contributed by atoms with Gasteiger partial charge in [-0.05, 0) is 70.6 Å². The van der Waals surface area contributed by atoms with E-state index in [0.717, 1.165) is 5.56 Å². The fourth-order valence-electron chi connectivity index (χ4n) is 4.11. The van der Waals surface area contributed by atoms with E-state index in [0.29, 0.717) is 4.90 Å². The van der Waals surface area contributed by atoms with Gasteiger partial charge in [-0.25, -0.2) is 8.42 Å². The first kappa shape index (κ1) is 20.9. The summed E-state index contributed by atoms with van der Waals surface area (Å²) in [4.78, 5) is 0.391. The lowest BCUT2D eigenvalue weighted by molar-refractivity contribution is 0.332. The fourth-order valence-corrected chi connectivity index (χ4v) is 4.99. The number of rotatable bonds is 4. The number of hydrogen-bond acceptors (Lipinski definition) is 2. The molecule has 0 spiro atoms. The van der Waals surface area contributed by atoms with Crippen molar-refractivity contribution in [3.8, 4) is 0 Å². The maximum Gasteiger partial charge on any atom is 0.178 e. The summed E-state index contributed by atoms with van der Waals surface area (Å²) in [6.07, 6.45) is 4.55. The maximum atomic E-state index is 12.0. The van der Waals surface area contributed by atoms with Gasteiger partial charge in [0.05, 0.1) is 10.6 Å². The van der Waals surface area contributed by atoms with Gasteiger partial charge in [0, 0.05) is 0 Å². The molecule has 0 amide bonds. The summed E-state index contributed by atoms with van der Waals surface area (Å²) in [5.41, 5.74) is 6.78. The molecule has 3 heteroatoms. The van der Waals surface area contributed by atoms with Gasteiger partial charge in [-0.2, -0.15) is 0 Å². The van der Waals surface area contributed by atoms with Crippen LogP contribution in [0.3, 0.4) is 0 Å². The van der Waals surface area contributed by atoms with Crippen molar-refractivity contribution >= 4 is 21.5 Å². The highest BCUT2D eigenvalue weighted by Crippen LogP contribution is 2.46. The van der Waals surface area contributed by atoms with Crippen molar-refractivity contribution in [1.29, 1.82) is 0 Å². The minimum absolute atomic E-state index is 0.127. The molecule has 0 saturated heterocycles. The Balaban J connectivity index is 1.96. The lowest BCUT2D eigenvalue weighted by Gasteiger charge is -2.42. The highest BCUT2D eigenvalue weighted by atomic mass is 32.2. The van der Waals surface area contributed by atoms with Crippen molar-refractivity contribution in [3.05, 3.63) is 64.7 Å². The van der Waals surface area contributed by atoms with Gasteiger partial charge < -0.3 is 0 Å². The van der Waals surface area contributed by atoms with Crippen LogP contribution in [-0.2, 0) is 20.7 Å². The van der Waals surface area contributed by atoms with Crippen LogP contribution >= 0.6 is 0 Å². The van der Waals surface area contributed by atoms with Gasteiger partial charge in [-0.1, -0.05) is 71.0 Å². The molecular weight excluding hydrogens is 364 g/mol. The van der Waals surface area contributed by atoms with Gasteiger partial charge in [0.2, 0.25) is 0 Å². The van der Waals surface area contributed by atoms with E-state index in [-0.39, 0.29) is 16.6 Å². The molecular formula is C25H32O2S. The molecule has 3 rings (SSSR count). The zero-order valence-corrected chi connectivity index (χ0v) is 18.8. The largest absolute Gasteiger partial charge is 0.224 e. The third kappa shape index (κ3) is 3.96. The second kappa shape index (κ2) is 7.18. The molecule has 1 aliphatic carbocycles. The molecule has 0 heterocycles. The Labute approximate surface area is 170 Å². The van der Waals surface area contributed by atoms with E-state index in [1.807, 2.05) is 12.1 Å². The molecule has 1 aliphatic rings. The van der Waals surface area contributed by atoms with E-state index in [9.17, 15) is 8.42 Å². The van der Waals surface area contributed by atoms with Gasteiger partial charge in [0.25, 0.3) is 0 Å². The average Bonchev–Trinajstić information content (AvgIpc) is 2.65. The minimum atomic E-state index is -3.15. The monoisotopic (exact) mass is 396 g/mol. The average molecular weight is 397 g/mol. The third-order valence-electron chi connectivity index (χ3n) is 6.31. The zero-order chi connectivity index (χ0) is 20.7. The molecule has 150 valence electrons. The van der Waals surface area contributed by atoms with Crippen LogP contribution in [0.4, 0.5) is 0 Å². The summed E-state index contributed by atoms with van der Waals surface area (Å²) in [5.74, 6) is 0.127. The van der Waals surface area contributed by atoms with Crippen LogP contribution in [0.1, 0.15) is 76.6 Å². The van der Waals surface area contributed by atoms with Crippen LogP contribution in [0.2, 0.25) is 0 Å². The predicted molar refractivity (Wildman–Crippen MR) is 119 cm³/mol. The number of benzene rings is 2. The Bertz CT molecular complexity index is 1010. The van der Waals surface area contributed by atoms with Crippen molar-refractivity contribution in [2.24, 2.45) is 0 Å². The van der Waals surface area contributed by atoms with Gasteiger partial charge >= 0.3 is 0 Å². The van der Waals surface area contributed by atoms with E-state index in [4.69, 9.17) is 0 Å². The van der Waals surface area contributed by atoms with E-state index >= 15 is 0 Å². The summed E-state index contributed by atoms with van der Waals surface area (Å²) in [7, 11) is -3.15. The van der Waals surface area contributed by atoms with Gasteiger partial charge in [0.15, 0.2) is 9.84 Å². The molecule has 0 radical (unpaired) electrons. The fraction of sp³-hybridized carbons (Fsp3) is 0.440. The van der Waals surface area contributed by atoms with Crippen molar-refractivity contribution in [2.45, 2.75) is 70.1 Å². The molecule has 28 heavy (non-hydrogen) atoms. The molecule has 0 saturated carbocycles. The quantitative estimate of drug-likeness (QED) is 0.561. The number of hydrogen-bond donors (Lipinski definition) is 0. The number of fused-ring (bicyclic) bond motifs is 1. The molecule has 2 aromatic carbocycles. The van der Waals surface area contributed by atoms with Crippen molar-refractivity contribution in [1.82, 2.24) is 0 Å². The van der Waals surface area contributed by atoms with E-state index in [2.05, 4.69) is 58.9 Å². The van der Waals surface area contributed by atoms with Crippen LogP contribution in [0.25, 0.3) is 11.6 Å². The molecule has 0 bridgehead atoms. The lowest BCUT2D eigenvalue weighted by Crippen LogP contribution is -2.33. The van der Waals surface area contributed by atoms with Gasteiger partial charge in [-0.15, -0.1) is 0 Å². The Hall–Kier alpha value is -1.87. The Morgan fingerprint density at radius 1 is 0.929 bits per heavy atom. The topological polar surface area (TPSA) is 34.1 Å². The standard InChI is InChI=1S/C25H32O2S/c1-7-28(26,27)21-11-8-19(9-12-21)16-18(2)20-10-13-22-23(17-20)25(5,6)15-14-24(22,3)4/h8-13,16-17H,7,14-15H2,1-6H3. The first-order valence-corrected chi connectivity index (χ1v) is 11.8. The molecule has 0 fully saturated rings. The molecule has 0 unspecified atom stereocenters. The van der Waals surface area contributed by atoms with Crippen LogP contribution < -0.4 is 0 Å². The maximum absolute atomic E-state index is 12.0. The molecule has 2 nitrogen and oxygen atoms in total. The van der Waals surface area contributed by atoms with E-state index in [1.165, 1.54) is 35.1 Å². The summed E-state index contributed by atoms with van der Waals surface area (Å²) in [5, 5.41) is 0. The Morgan fingerprint density at radius 3 is 2.07 bits per heavy atom. The summed E-state index contributed by atoms with van der Waals surface area (Å²) < 4.78 is 24.0. The molecule has 2 aromatic rings. The van der Waals surface area contributed by atoms with Crippen molar-refractivity contribution in [3.63, 3.8) is 0 Å². The first-order valence-electron chi connectivity index (χ1n) is 10.1. The third-order valence-corrected chi connectivity index (χ3v) is 8.06. The first-order chi connectivity index (χ1) is 13.0. The SMILES string of the molecule is CCS(=O)(=O)c1ccc(C=C(C)c2ccc3c(c2)C(C)(C)CCC3(C)C)cc1. The Morgan fingerprint density at radius 2 is 1.50 bits per heavy atom. The summed E-state index contributed by atoms with van der Waals surface area (Å²) in [6.45, 7) is 13.2. The normalized spacial score (nSPS) is 18.6. The molecule has 0 N–H and O–H groups in total. The Kier molecular flexibility index (Phi) is 5.35. The van der Waals surface area contributed by atoms with Crippen LogP contribution in [-0.4, -0.2) is 14.2 Å². The van der Waals surface area contributed by atoms with E-state index < -0.39 is 9.84 Å². The number of allylic oxidation sites excluding steroid dienone is 1.